The van der Waals surface area contributed by atoms with Crippen molar-refractivity contribution in [3.63, 3.8) is 0 Å². The van der Waals surface area contributed by atoms with Crippen molar-refractivity contribution in [1.82, 2.24) is 10.6 Å². The predicted molar refractivity (Wildman–Crippen MR) is 86.7 cm³/mol. The molecule has 6 heteroatoms. The van der Waals surface area contributed by atoms with Crippen molar-refractivity contribution in [2.45, 2.75) is 19.3 Å². The van der Waals surface area contributed by atoms with Gasteiger partial charge in [-0.1, -0.05) is 0 Å². The van der Waals surface area contributed by atoms with Crippen molar-refractivity contribution in [2.75, 3.05) is 34.4 Å². The molecule has 0 aliphatic heterocycles. The van der Waals surface area contributed by atoms with Gasteiger partial charge in [-0.25, -0.2) is 0 Å². The zero-order valence-electron chi connectivity index (χ0n) is 12.9. The maximum absolute atomic E-state index is 11.6. The number of nitrogens with one attached hydrogen (secondary N) is 2. The molecule has 0 radical (unpaired) electrons. The summed E-state index contributed by atoms with van der Waals surface area (Å²) in [5, 5.41) is 5.94. The van der Waals surface area contributed by atoms with Crippen molar-refractivity contribution in [3.8, 4) is 11.5 Å². The van der Waals surface area contributed by atoms with E-state index in [9.17, 15) is 4.79 Å². The van der Waals surface area contributed by atoms with Crippen molar-refractivity contribution < 1.29 is 14.3 Å². The van der Waals surface area contributed by atoms with Gasteiger partial charge in [0.2, 0.25) is 5.91 Å². The fourth-order valence-electron chi connectivity index (χ4n) is 1.93. The highest BCUT2D eigenvalue weighted by atomic mass is 35.5. The summed E-state index contributed by atoms with van der Waals surface area (Å²) in [5.41, 5.74) is 1.03. The average molecular weight is 317 g/mol. The van der Waals surface area contributed by atoms with E-state index in [0.29, 0.717) is 13.0 Å². The molecule has 0 saturated heterocycles. The Bertz CT molecular complexity index is 427. The van der Waals surface area contributed by atoms with Gasteiger partial charge in [0, 0.05) is 13.0 Å². The van der Waals surface area contributed by atoms with Crippen LogP contribution in [0.1, 0.15) is 18.4 Å². The quantitative estimate of drug-likeness (QED) is 0.682. The maximum Gasteiger partial charge on any atom is 0.220 e. The van der Waals surface area contributed by atoms with Crippen LogP contribution < -0.4 is 20.1 Å². The van der Waals surface area contributed by atoms with Gasteiger partial charge in [0.1, 0.15) is 11.5 Å². The molecule has 0 aliphatic carbocycles. The van der Waals surface area contributed by atoms with E-state index in [1.807, 2.05) is 25.2 Å². The number of hydrogen-bond donors (Lipinski definition) is 2. The van der Waals surface area contributed by atoms with E-state index in [-0.39, 0.29) is 18.3 Å². The number of hydrogen-bond acceptors (Lipinski definition) is 4. The summed E-state index contributed by atoms with van der Waals surface area (Å²) in [6.07, 6.45) is 2.12. The second-order valence-corrected chi connectivity index (χ2v) is 4.48. The lowest BCUT2D eigenvalue weighted by Crippen LogP contribution is -2.26. The van der Waals surface area contributed by atoms with E-state index in [1.54, 1.807) is 14.2 Å². The number of ether oxygens (including phenoxy) is 2. The van der Waals surface area contributed by atoms with E-state index in [1.165, 1.54) is 0 Å². The van der Waals surface area contributed by atoms with Gasteiger partial charge < -0.3 is 20.1 Å². The van der Waals surface area contributed by atoms with Crippen LogP contribution in [0.2, 0.25) is 0 Å². The van der Waals surface area contributed by atoms with Gasteiger partial charge in [0.15, 0.2) is 0 Å². The SMILES string of the molecule is CNCCCC(=O)NCCc1cc(OC)ccc1OC.Cl. The third kappa shape index (κ3) is 7.20. The first kappa shape index (κ1) is 19.5. The zero-order chi connectivity index (χ0) is 14.8. The van der Waals surface area contributed by atoms with Crippen LogP contribution in [-0.2, 0) is 11.2 Å². The highest BCUT2D eigenvalue weighted by molar-refractivity contribution is 5.85. The molecule has 0 unspecified atom stereocenters. The minimum atomic E-state index is 0. The van der Waals surface area contributed by atoms with Crippen LogP contribution in [-0.4, -0.2) is 40.3 Å². The molecule has 0 bridgehead atoms. The number of carbonyl (C=O) groups is 1. The third-order valence-corrected chi connectivity index (χ3v) is 3.03. The average Bonchev–Trinajstić information content (AvgIpc) is 2.47. The lowest BCUT2D eigenvalue weighted by Gasteiger charge is -2.11. The van der Waals surface area contributed by atoms with Gasteiger partial charge >= 0.3 is 0 Å². The van der Waals surface area contributed by atoms with Gasteiger partial charge in [-0.15, -0.1) is 12.4 Å². The molecule has 1 rings (SSSR count). The first-order chi connectivity index (χ1) is 9.71. The molecule has 21 heavy (non-hydrogen) atoms. The summed E-state index contributed by atoms with van der Waals surface area (Å²) in [5.74, 6) is 1.69. The standard InChI is InChI=1S/C15H24N2O3.ClH/c1-16-9-4-5-15(18)17-10-8-12-11-13(19-2)6-7-14(12)20-3;/h6-7,11,16H,4-5,8-10H2,1-3H3,(H,17,18);1H. The molecule has 0 spiro atoms. The summed E-state index contributed by atoms with van der Waals surface area (Å²) in [6, 6.07) is 5.67. The Kier molecular flexibility index (Phi) is 10.4. The molecular formula is C15H25ClN2O3. The van der Waals surface area contributed by atoms with Crippen LogP contribution in [0.25, 0.3) is 0 Å². The Labute approximate surface area is 132 Å². The molecule has 0 aliphatic rings. The summed E-state index contributed by atoms with van der Waals surface area (Å²) in [6.45, 7) is 1.46. The molecule has 0 fully saturated rings. The Balaban J connectivity index is 0.00000400. The van der Waals surface area contributed by atoms with Gasteiger partial charge in [0.05, 0.1) is 14.2 Å². The van der Waals surface area contributed by atoms with Crippen LogP contribution in [0.3, 0.4) is 0 Å². The monoisotopic (exact) mass is 316 g/mol. The molecule has 0 saturated carbocycles. The Hall–Kier alpha value is -1.46. The van der Waals surface area contributed by atoms with E-state index in [4.69, 9.17) is 9.47 Å². The first-order valence-electron chi connectivity index (χ1n) is 6.83. The number of halogens is 1. The molecule has 5 nitrogen and oxygen atoms in total. The van der Waals surface area contributed by atoms with E-state index in [2.05, 4.69) is 10.6 Å². The molecule has 0 atom stereocenters. The number of amides is 1. The van der Waals surface area contributed by atoms with Gasteiger partial charge in [-0.3, -0.25) is 4.79 Å². The maximum atomic E-state index is 11.6. The van der Waals surface area contributed by atoms with Crippen LogP contribution >= 0.6 is 12.4 Å². The number of carbonyl (C=O) groups excluding carboxylic acids is 1. The predicted octanol–water partition coefficient (Wildman–Crippen LogP) is 1.78. The van der Waals surface area contributed by atoms with E-state index < -0.39 is 0 Å². The molecule has 0 aromatic heterocycles. The topological polar surface area (TPSA) is 59.6 Å². The first-order valence-corrected chi connectivity index (χ1v) is 6.83. The number of methoxy groups -OCH3 is 2. The Morgan fingerprint density at radius 1 is 1.19 bits per heavy atom. The summed E-state index contributed by atoms with van der Waals surface area (Å²) in [7, 11) is 5.16. The Morgan fingerprint density at radius 2 is 1.95 bits per heavy atom. The molecule has 0 heterocycles. The van der Waals surface area contributed by atoms with Crippen molar-refractivity contribution in [1.29, 1.82) is 0 Å². The molecule has 120 valence electrons. The van der Waals surface area contributed by atoms with Crippen LogP contribution in [0.5, 0.6) is 11.5 Å². The fraction of sp³-hybridized carbons (Fsp3) is 0.533. The number of rotatable bonds is 9. The second-order valence-electron chi connectivity index (χ2n) is 4.48. The van der Waals surface area contributed by atoms with Gasteiger partial charge in [-0.2, -0.15) is 0 Å². The minimum absolute atomic E-state index is 0. The molecule has 1 aromatic rings. The zero-order valence-corrected chi connectivity index (χ0v) is 13.7. The van der Waals surface area contributed by atoms with Crippen molar-refractivity contribution in [2.24, 2.45) is 0 Å². The third-order valence-electron chi connectivity index (χ3n) is 3.03. The lowest BCUT2D eigenvalue weighted by molar-refractivity contribution is -0.121. The fourth-order valence-corrected chi connectivity index (χ4v) is 1.93. The van der Waals surface area contributed by atoms with Crippen molar-refractivity contribution in [3.05, 3.63) is 23.8 Å². The molecule has 2 N–H and O–H groups in total. The summed E-state index contributed by atoms with van der Waals surface area (Å²) >= 11 is 0. The van der Waals surface area contributed by atoms with E-state index in [0.717, 1.165) is 36.4 Å². The molecule has 1 amide bonds. The van der Waals surface area contributed by atoms with E-state index >= 15 is 0 Å². The Morgan fingerprint density at radius 3 is 2.57 bits per heavy atom. The molecular weight excluding hydrogens is 292 g/mol. The van der Waals surface area contributed by atoms with Gasteiger partial charge in [0.25, 0.3) is 0 Å². The van der Waals surface area contributed by atoms with Crippen LogP contribution in [0.15, 0.2) is 18.2 Å². The smallest absolute Gasteiger partial charge is 0.220 e. The molecule has 1 aromatic carbocycles. The largest absolute Gasteiger partial charge is 0.497 e. The van der Waals surface area contributed by atoms with Crippen molar-refractivity contribution >= 4 is 18.3 Å². The minimum Gasteiger partial charge on any atom is -0.497 e. The summed E-state index contributed by atoms with van der Waals surface area (Å²) < 4.78 is 10.5. The lowest BCUT2D eigenvalue weighted by atomic mass is 10.1. The number of benzene rings is 1. The van der Waals surface area contributed by atoms with Crippen LogP contribution in [0.4, 0.5) is 0 Å². The second kappa shape index (κ2) is 11.2. The highest BCUT2D eigenvalue weighted by Gasteiger charge is 2.06. The highest BCUT2D eigenvalue weighted by Crippen LogP contribution is 2.24. The normalized spacial score (nSPS) is 9.67. The van der Waals surface area contributed by atoms with Crippen LogP contribution in [0, 0.1) is 0 Å². The van der Waals surface area contributed by atoms with Gasteiger partial charge in [-0.05, 0) is 50.2 Å². The summed E-state index contributed by atoms with van der Waals surface area (Å²) in [4.78, 5) is 11.6.